The summed E-state index contributed by atoms with van der Waals surface area (Å²) in [5.74, 6) is 0.881. The van der Waals surface area contributed by atoms with Gasteiger partial charge in [-0.2, -0.15) is 0 Å². The van der Waals surface area contributed by atoms with E-state index < -0.39 is 0 Å². The van der Waals surface area contributed by atoms with Gasteiger partial charge in [-0.15, -0.1) is 0 Å². The lowest BCUT2D eigenvalue weighted by molar-refractivity contribution is -0.0728. The second kappa shape index (κ2) is 7.66. The van der Waals surface area contributed by atoms with E-state index in [0.29, 0.717) is 18.1 Å². The van der Waals surface area contributed by atoms with Crippen LogP contribution < -0.4 is 0 Å². The van der Waals surface area contributed by atoms with Crippen molar-refractivity contribution in [2.24, 2.45) is 5.92 Å². The van der Waals surface area contributed by atoms with Gasteiger partial charge in [0.05, 0.1) is 12.2 Å². The van der Waals surface area contributed by atoms with Gasteiger partial charge in [0, 0.05) is 38.3 Å². The maximum Gasteiger partial charge on any atom is 0.253 e. The van der Waals surface area contributed by atoms with Gasteiger partial charge >= 0.3 is 0 Å². The van der Waals surface area contributed by atoms with Crippen molar-refractivity contribution in [3.8, 4) is 0 Å². The number of ether oxygens (including phenoxy) is 1. The van der Waals surface area contributed by atoms with Crippen molar-refractivity contribution < 1.29 is 9.53 Å². The lowest BCUT2D eigenvalue weighted by Crippen LogP contribution is -2.48. The standard InChI is InChI=1S/C20H30N2O2/c1-15-4-6-19(7-5-15)20(23)22-10-8-18(9-11-22)14-21-12-16(2)24-17(3)13-21/h4-7,16-18H,8-14H2,1-3H3/t16-,17+. The Kier molecular flexibility index (Phi) is 5.57. The summed E-state index contributed by atoms with van der Waals surface area (Å²) in [5.41, 5.74) is 2.01. The van der Waals surface area contributed by atoms with E-state index in [1.807, 2.05) is 36.1 Å². The van der Waals surface area contributed by atoms with Crippen LogP contribution in [0.15, 0.2) is 24.3 Å². The first-order valence-electron chi connectivity index (χ1n) is 9.25. The molecule has 1 aromatic rings. The minimum Gasteiger partial charge on any atom is -0.373 e. The van der Waals surface area contributed by atoms with Crippen LogP contribution in [0.2, 0.25) is 0 Å². The Hall–Kier alpha value is -1.39. The molecule has 4 nitrogen and oxygen atoms in total. The molecule has 0 bridgehead atoms. The molecule has 4 heteroatoms. The Morgan fingerprint density at radius 1 is 1.08 bits per heavy atom. The van der Waals surface area contributed by atoms with Gasteiger partial charge in [-0.25, -0.2) is 0 Å². The number of carbonyl (C=O) groups is 1. The van der Waals surface area contributed by atoms with Crippen LogP contribution in [0.1, 0.15) is 42.6 Å². The highest BCUT2D eigenvalue weighted by atomic mass is 16.5. The van der Waals surface area contributed by atoms with Crippen LogP contribution in [0.4, 0.5) is 0 Å². The van der Waals surface area contributed by atoms with E-state index in [0.717, 1.165) is 51.1 Å². The number of benzene rings is 1. The van der Waals surface area contributed by atoms with Crippen molar-refractivity contribution in [3.05, 3.63) is 35.4 Å². The fraction of sp³-hybridized carbons (Fsp3) is 0.650. The van der Waals surface area contributed by atoms with Gasteiger partial charge in [-0.05, 0) is 51.7 Å². The molecular formula is C20H30N2O2. The first-order valence-corrected chi connectivity index (χ1v) is 9.25. The van der Waals surface area contributed by atoms with E-state index in [2.05, 4.69) is 18.7 Å². The van der Waals surface area contributed by atoms with Crippen LogP contribution in [-0.2, 0) is 4.74 Å². The number of hydrogen-bond acceptors (Lipinski definition) is 3. The minimum absolute atomic E-state index is 0.182. The van der Waals surface area contributed by atoms with Crippen LogP contribution in [0.3, 0.4) is 0 Å². The SMILES string of the molecule is Cc1ccc(C(=O)N2CCC(CN3C[C@@H](C)O[C@@H](C)C3)CC2)cc1. The van der Waals surface area contributed by atoms with Crippen molar-refractivity contribution >= 4 is 5.91 Å². The van der Waals surface area contributed by atoms with E-state index in [1.165, 1.54) is 5.56 Å². The van der Waals surface area contributed by atoms with Gasteiger partial charge in [-0.3, -0.25) is 9.69 Å². The third-order valence-electron chi connectivity index (χ3n) is 5.21. The van der Waals surface area contributed by atoms with Crippen molar-refractivity contribution in [1.82, 2.24) is 9.80 Å². The summed E-state index contributed by atoms with van der Waals surface area (Å²) in [4.78, 5) is 17.2. The maximum absolute atomic E-state index is 12.6. The summed E-state index contributed by atoms with van der Waals surface area (Å²) >= 11 is 0. The van der Waals surface area contributed by atoms with Gasteiger partial charge in [-0.1, -0.05) is 17.7 Å². The zero-order valence-corrected chi connectivity index (χ0v) is 15.2. The van der Waals surface area contributed by atoms with E-state index in [1.54, 1.807) is 0 Å². The molecule has 2 heterocycles. The molecule has 0 spiro atoms. The number of aryl methyl sites for hydroxylation is 1. The van der Waals surface area contributed by atoms with Gasteiger partial charge in [0.15, 0.2) is 0 Å². The van der Waals surface area contributed by atoms with E-state index in [4.69, 9.17) is 4.74 Å². The average molecular weight is 330 g/mol. The topological polar surface area (TPSA) is 32.8 Å². The Morgan fingerprint density at radius 3 is 2.25 bits per heavy atom. The van der Waals surface area contributed by atoms with Crippen LogP contribution in [0, 0.1) is 12.8 Å². The lowest BCUT2D eigenvalue weighted by atomic mass is 9.95. The minimum atomic E-state index is 0.182. The largest absolute Gasteiger partial charge is 0.373 e. The van der Waals surface area contributed by atoms with Crippen LogP contribution in [0.5, 0.6) is 0 Å². The van der Waals surface area contributed by atoms with Crippen LogP contribution in [-0.4, -0.2) is 60.6 Å². The molecule has 3 rings (SSSR count). The smallest absolute Gasteiger partial charge is 0.253 e. The molecule has 2 aliphatic heterocycles. The molecule has 0 N–H and O–H groups in total. The summed E-state index contributed by atoms with van der Waals surface area (Å²) in [6.07, 6.45) is 2.88. The molecule has 0 saturated carbocycles. The van der Waals surface area contributed by atoms with Crippen LogP contribution >= 0.6 is 0 Å². The first-order chi connectivity index (χ1) is 11.5. The molecule has 1 amide bonds. The summed E-state index contributed by atoms with van der Waals surface area (Å²) in [6, 6.07) is 7.92. The molecule has 1 aromatic carbocycles. The number of hydrogen-bond donors (Lipinski definition) is 0. The predicted octanol–water partition coefficient (Wildman–Crippen LogP) is 2.96. The van der Waals surface area contributed by atoms with Gasteiger partial charge in [0.1, 0.15) is 0 Å². The number of carbonyl (C=O) groups excluding carboxylic acids is 1. The zero-order valence-electron chi connectivity index (χ0n) is 15.2. The highest BCUT2D eigenvalue weighted by molar-refractivity contribution is 5.94. The summed E-state index contributed by atoms with van der Waals surface area (Å²) in [6.45, 7) is 11.3. The van der Waals surface area contributed by atoms with Gasteiger partial charge < -0.3 is 9.64 Å². The number of rotatable bonds is 3. The number of morpholine rings is 1. The zero-order chi connectivity index (χ0) is 17.1. The molecule has 2 fully saturated rings. The van der Waals surface area contributed by atoms with Crippen molar-refractivity contribution in [3.63, 3.8) is 0 Å². The fourth-order valence-corrected chi connectivity index (χ4v) is 4.00. The number of nitrogens with zero attached hydrogens (tertiary/aromatic N) is 2. The van der Waals surface area contributed by atoms with E-state index in [9.17, 15) is 4.79 Å². The molecule has 0 aliphatic carbocycles. The normalized spacial score (nSPS) is 26.5. The highest BCUT2D eigenvalue weighted by Crippen LogP contribution is 2.22. The third-order valence-corrected chi connectivity index (χ3v) is 5.21. The van der Waals surface area contributed by atoms with E-state index in [-0.39, 0.29) is 5.91 Å². The molecule has 132 valence electrons. The molecule has 2 saturated heterocycles. The second-order valence-electron chi connectivity index (χ2n) is 7.58. The molecule has 0 aromatic heterocycles. The van der Waals surface area contributed by atoms with Crippen molar-refractivity contribution in [2.45, 2.75) is 45.8 Å². The monoisotopic (exact) mass is 330 g/mol. The third kappa shape index (κ3) is 4.37. The number of amides is 1. The summed E-state index contributed by atoms with van der Waals surface area (Å²) in [5, 5.41) is 0. The van der Waals surface area contributed by atoms with Gasteiger partial charge in [0.25, 0.3) is 5.91 Å². The lowest BCUT2D eigenvalue weighted by Gasteiger charge is -2.39. The summed E-state index contributed by atoms with van der Waals surface area (Å²) in [7, 11) is 0. The number of likely N-dealkylation sites (tertiary alicyclic amines) is 1. The molecule has 2 atom stereocenters. The first kappa shape index (κ1) is 17.4. The van der Waals surface area contributed by atoms with Crippen molar-refractivity contribution in [1.29, 1.82) is 0 Å². The summed E-state index contributed by atoms with van der Waals surface area (Å²) < 4.78 is 5.82. The maximum atomic E-state index is 12.6. The highest BCUT2D eigenvalue weighted by Gasteiger charge is 2.28. The Bertz CT molecular complexity index is 539. The second-order valence-corrected chi connectivity index (χ2v) is 7.58. The molecule has 0 radical (unpaired) electrons. The quantitative estimate of drug-likeness (QED) is 0.854. The number of piperidine rings is 1. The molecular weight excluding hydrogens is 300 g/mol. The van der Waals surface area contributed by atoms with Crippen molar-refractivity contribution in [2.75, 3.05) is 32.7 Å². The van der Waals surface area contributed by atoms with Crippen LogP contribution in [0.25, 0.3) is 0 Å². The fourth-order valence-electron chi connectivity index (χ4n) is 4.00. The molecule has 24 heavy (non-hydrogen) atoms. The van der Waals surface area contributed by atoms with Gasteiger partial charge in [0.2, 0.25) is 0 Å². The Labute approximate surface area is 145 Å². The Balaban J connectivity index is 1.48. The average Bonchev–Trinajstić information content (AvgIpc) is 2.55. The van der Waals surface area contributed by atoms with E-state index >= 15 is 0 Å². The Morgan fingerprint density at radius 2 is 1.67 bits per heavy atom. The molecule has 0 unspecified atom stereocenters. The predicted molar refractivity (Wildman–Crippen MR) is 96.3 cm³/mol. The molecule has 2 aliphatic rings.